The first-order valence-corrected chi connectivity index (χ1v) is 6.25. The minimum atomic E-state index is -0.884. The van der Waals surface area contributed by atoms with Crippen LogP contribution in [0.25, 0.3) is 10.2 Å². The molecule has 0 aliphatic carbocycles. The van der Waals surface area contributed by atoms with Crippen molar-refractivity contribution in [3.63, 3.8) is 0 Å². The molecule has 3 rings (SSSR count). The minimum Gasteiger partial charge on any atom is -0.465 e. The van der Waals surface area contributed by atoms with Gasteiger partial charge in [-0.25, -0.2) is 14.8 Å². The second-order valence-corrected chi connectivity index (χ2v) is 5.24. The molecule has 0 spiro atoms. The summed E-state index contributed by atoms with van der Waals surface area (Å²) >= 11 is 7.55. The Bertz CT molecular complexity index is 613. The Labute approximate surface area is 106 Å². The molecule has 1 N–H and O–H groups in total. The Morgan fingerprint density at radius 3 is 3.12 bits per heavy atom. The summed E-state index contributed by atoms with van der Waals surface area (Å²) < 4.78 is 0. The predicted octanol–water partition coefficient (Wildman–Crippen LogP) is 2.38. The maximum absolute atomic E-state index is 10.9. The highest BCUT2D eigenvalue weighted by Gasteiger charge is 2.25. The summed E-state index contributed by atoms with van der Waals surface area (Å²) in [5.41, 5.74) is 1.10. The standard InChI is InChI=1S/C10H8ClN3O2S/c11-8-7-5-1-2-14(10(15)16)3-6(5)17-9(7)13-4-12-8/h4H,1-3H2,(H,15,16). The van der Waals surface area contributed by atoms with Gasteiger partial charge in [0.15, 0.2) is 0 Å². The fourth-order valence-electron chi connectivity index (χ4n) is 2.05. The Morgan fingerprint density at radius 1 is 1.53 bits per heavy atom. The Morgan fingerprint density at radius 2 is 2.35 bits per heavy atom. The molecule has 2 aromatic heterocycles. The molecular formula is C10H8ClN3O2S. The van der Waals surface area contributed by atoms with Crippen LogP contribution >= 0.6 is 22.9 Å². The van der Waals surface area contributed by atoms with Gasteiger partial charge in [0, 0.05) is 11.4 Å². The molecule has 1 aliphatic heterocycles. The molecule has 0 fully saturated rings. The first-order valence-electron chi connectivity index (χ1n) is 5.05. The van der Waals surface area contributed by atoms with Crippen molar-refractivity contribution in [3.8, 4) is 0 Å². The van der Waals surface area contributed by atoms with Gasteiger partial charge in [-0.2, -0.15) is 0 Å². The van der Waals surface area contributed by atoms with E-state index >= 15 is 0 Å². The van der Waals surface area contributed by atoms with E-state index < -0.39 is 6.09 Å². The van der Waals surface area contributed by atoms with Gasteiger partial charge in [0.1, 0.15) is 16.3 Å². The molecule has 1 aliphatic rings. The van der Waals surface area contributed by atoms with Crippen molar-refractivity contribution in [3.05, 3.63) is 21.9 Å². The van der Waals surface area contributed by atoms with Crippen molar-refractivity contribution in [2.24, 2.45) is 0 Å². The van der Waals surface area contributed by atoms with Crippen molar-refractivity contribution in [2.75, 3.05) is 6.54 Å². The van der Waals surface area contributed by atoms with Crippen molar-refractivity contribution in [1.29, 1.82) is 0 Å². The summed E-state index contributed by atoms with van der Waals surface area (Å²) in [7, 11) is 0. The lowest BCUT2D eigenvalue weighted by atomic mass is 10.1. The average molecular weight is 270 g/mol. The summed E-state index contributed by atoms with van der Waals surface area (Å²) in [6.07, 6.45) is 1.22. The topological polar surface area (TPSA) is 66.3 Å². The van der Waals surface area contributed by atoms with E-state index in [-0.39, 0.29) is 0 Å². The van der Waals surface area contributed by atoms with E-state index in [2.05, 4.69) is 9.97 Å². The molecule has 17 heavy (non-hydrogen) atoms. The number of hydrogen-bond acceptors (Lipinski definition) is 4. The van der Waals surface area contributed by atoms with Crippen molar-refractivity contribution >= 4 is 39.2 Å². The fraction of sp³-hybridized carbons (Fsp3) is 0.300. The van der Waals surface area contributed by atoms with Gasteiger partial charge in [-0.05, 0) is 12.0 Å². The molecule has 0 atom stereocenters. The lowest BCUT2D eigenvalue weighted by Crippen LogP contribution is -2.33. The van der Waals surface area contributed by atoms with E-state index in [0.29, 0.717) is 24.7 Å². The number of thiophene rings is 1. The number of aromatic nitrogens is 2. The number of halogens is 1. The van der Waals surface area contributed by atoms with Crippen molar-refractivity contribution in [2.45, 2.75) is 13.0 Å². The SMILES string of the molecule is O=C(O)N1CCc2c(sc3ncnc(Cl)c23)C1. The molecule has 2 aromatic rings. The lowest BCUT2D eigenvalue weighted by molar-refractivity contribution is 0.140. The zero-order valence-electron chi connectivity index (χ0n) is 8.68. The first kappa shape index (κ1) is 10.7. The number of carbonyl (C=O) groups is 1. The van der Waals surface area contributed by atoms with Gasteiger partial charge in [-0.1, -0.05) is 11.6 Å². The predicted molar refractivity (Wildman–Crippen MR) is 64.6 cm³/mol. The maximum Gasteiger partial charge on any atom is 0.407 e. The fourth-order valence-corrected chi connectivity index (χ4v) is 3.56. The molecule has 0 radical (unpaired) electrons. The van der Waals surface area contributed by atoms with Gasteiger partial charge in [0.05, 0.1) is 11.9 Å². The van der Waals surface area contributed by atoms with Crippen LogP contribution in [0.15, 0.2) is 6.33 Å². The van der Waals surface area contributed by atoms with Crippen LogP contribution in [0.4, 0.5) is 4.79 Å². The zero-order valence-corrected chi connectivity index (χ0v) is 10.3. The van der Waals surface area contributed by atoms with Gasteiger partial charge in [-0.3, -0.25) is 0 Å². The van der Waals surface area contributed by atoms with Crippen molar-refractivity contribution in [1.82, 2.24) is 14.9 Å². The Balaban J connectivity index is 2.14. The molecule has 3 heterocycles. The van der Waals surface area contributed by atoms with Crippen LogP contribution in [0.5, 0.6) is 0 Å². The maximum atomic E-state index is 10.9. The first-order chi connectivity index (χ1) is 8.16. The molecule has 0 saturated carbocycles. The van der Waals surface area contributed by atoms with E-state index in [9.17, 15) is 4.79 Å². The molecule has 0 saturated heterocycles. The van der Waals surface area contributed by atoms with Gasteiger partial charge < -0.3 is 10.0 Å². The number of amides is 1. The third kappa shape index (κ3) is 1.64. The average Bonchev–Trinajstić information content (AvgIpc) is 2.67. The largest absolute Gasteiger partial charge is 0.465 e. The van der Waals surface area contributed by atoms with Crippen LogP contribution in [0.3, 0.4) is 0 Å². The van der Waals surface area contributed by atoms with E-state index in [1.807, 2.05) is 0 Å². The van der Waals surface area contributed by atoms with Crippen molar-refractivity contribution < 1.29 is 9.90 Å². The van der Waals surface area contributed by atoms with E-state index in [0.717, 1.165) is 20.7 Å². The third-order valence-corrected chi connectivity index (χ3v) is 4.27. The number of rotatable bonds is 0. The van der Waals surface area contributed by atoms with Crippen LogP contribution in [0, 0.1) is 0 Å². The van der Waals surface area contributed by atoms with Gasteiger partial charge >= 0.3 is 6.09 Å². The Hall–Kier alpha value is -1.40. The van der Waals surface area contributed by atoms with E-state index in [1.54, 1.807) is 0 Å². The monoisotopic (exact) mass is 269 g/mol. The number of hydrogen-bond donors (Lipinski definition) is 1. The molecule has 5 nitrogen and oxygen atoms in total. The molecule has 0 unspecified atom stereocenters. The highest BCUT2D eigenvalue weighted by Crippen LogP contribution is 2.36. The molecule has 0 bridgehead atoms. The van der Waals surface area contributed by atoms with Gasteiger partial charge in [0.25, 0.3) is 0 Å². The summed E-state index contributed by atoms with van der Waals surface area (Å²) in [5, 5.41) is 10.3. The van der Waals surface area contributed by atoms with Crippen LogP contribution in [0.2, 0.25) is 5.15 Å². The van der Waals surface area contributed by atoms with Crippen LogP contribution in [0.1, 0.15) is 10.4 Å². The quantitative estimate of drug-likeness (QED) is 0.746. The van der Waals surface area contributed by atoms with Gasteiger partial charge in [0.2, 0.25) is 0 Å². The Kier molecular flexibility index (Phi) is 2.41. The number of carboxylic acid groups (broad SMARTS) is 1. The zero-order chi connectivity index (χ0) is 12.0. The molecule has 1 amide bonds. The molecule has 7 heteroatoms. The minimum absolute atomic E-state index is 0.419. The second kappa shape index (κ2) is 3.82. The van der Waals surface area contributed by atoms with E-state index in [4.69, 9.17) is 16.7 Å². The molecular weight excluding hydrogens is 262 g/mol. The van der Waals surface area contributed by atoms with Gasteiger partial charge in [-0.15, -0.1) is 11.3 Å². The number of nitrogens with zero attached hydrogens (tertiary/aromatic N) is 3. The molecule has 0 aromatic carbocycles. The lowest BCUT2D eigenvalue weighted by Gasteiger charge is -2.23. The summed E-state index contributed by atoms with van der Waals surface area (Å²) in [6, 6.07) is 0. The highest BCUT2D eigenvalue weighted by molar-refractivity contribution is 7.19. The summed E-state index contributed by atoms with van der Waals surface area (Å²) in [6.45, 7) is 0.918. The van der Waals surface area contributed by atoms with Crippen LogP contribution in [-0.4, -0.2) is 32.6 Å². The smallest absolute Gasteiger partial charge is 0.407 e. The normalized spacial score (nSPS) is 15.0. The van der Waals surface area contributed by atoms with Crippen LogP contribution < -0.4 is 0 Å². The second-order valence-electron chi connectivity index (χ2n) is 3.80. The third-order valence-electron chi connectivity index (χ3n) is 2.86. The number of fused-ring (bicyclic) bond motifs is 3. The van der Waals surface area contributed by atoms with Crippen LogP contribution in [-0.2, 0) is 13.0 Å². The molecule has 88 valence electrons. The summed E-state index contributed by atoms with van der Waals surface area (Å²) in [4.78, 5) is 22.3. The highest BCUT2D eigenvalue weighted by atomic mass is 35.5. The van der Waals surface area contributed by atoms with E-state index in [1.165, 1.54) is 22.6 Å². The summed E-state index contributed by atoms with van der Waals surface area (Å²) in [5.74, 6) is 0.